The van der Waals surface area contributed by atoms with Crippen LogP contribution in [0, 0.1) is 0 Å². The number of benzene rings is 5. The molecule has 0 radical (unpaired) electrons. The molecule has 11 heteroatoms. The number of carbonyl (C=O) groups excluding carboxylic acids is 2. The van der Waals surface area contributed by atoms with Gasteiger partial charge in [0.15, 0.2) is 6.61 Å². The van der Waals surface area contributed by atoms with E-state index in [9.17, 15) is 19.2 Å². The van der Waals surface area contributed by atoms with E-state index in [2.05, 4.69) is 4.98 Å². The van der Waals surface area contributed by atoms with E-state index in [1.165, 1.54) is 29.3 Å². The normalized spacial score (nSPS) is 14.2. The first-order chi connectivity index (χ1) is 23.3. The second-order valence-electron chi connectivity index (χ2n) is 11.2. The van der Waals surface area contributed by atoms with E-state index in [1.807, 2.05) is 66.7 Å². The van der Waals surface area contributed by atoms with Gasteiger partial charge in [-0.2, -0.15) is 5.10 Å². The van der Waals surface area contributed by atoms with Gasteiger partial charge in [-0.1, -0.05) is 66.2 Å². The van der Waals surface area contributed by atoms with Crippen molar-refractivity contribution in [2.45, 2.75) is 12.5 Å². The molecule has 48 heavy (non-hydrogen) atoms. The summed E-state index contributed by atoms with van der Waals surface area (Å²) in [5.74, 6) is -0.637. The van der Waals surface area contributed by atoms with E-state index < -0.39 is 35.8 Å². The first-order valence-electron chi connectivity index (χ1n) is 15.0. The van der Waals surface area contributed by atoms with Crippen LogP contribution in [0.5, 0.6) is 5.75 Å². The summed E-state index contributed by atoms with van der Waals surface area (Å²) >= 11 is 6.05. The number of carbonyl (C=O) groups is 2. The Balaban J connectivity index is 1.13. The molecule has 0 bridgehead atoms. The van der Waals surface area contributed by atoms with Crippen molar-refractivity contribution < 1.29 is 19.1 Å². The molecule has 0 saturated carbocycles. The molecule has 0 saturated heterocycles. The Hall–Kier alpha value is -6.00. The molecular formula is C37H27ClN4O6. The monoisotopic (exact) mass is 658 g/mol. The number of ether oxygens (including phenoxy) is 2. The van der Waals surface area contributed by atoms with Crippen LogP contribution in [0.25, 0.3) is 27.4 Å². The fraction of sp³-hybridized carbons (Fsp3) is 0.108. The molecule has 0 spiro atoms. The minimum Gasteiger partial charge on any atom is -0.497 e. The number of fused-ring (bicyclic) bond motifs is 2. The summed E-state index contributed by atoms with van der Waals surface area (Å²) in [6.45, 7) is -0.578. The highest BCUT2D eigenvalue weighted by Gasteiger charge is 2.34. The number of methoxy groups -OCH3 is 1. The molecule has 10 nitrogen and oxygen atoms in total. The van der Waals surface area contributed by atoms with Crippen LogP contribution in [-0.2, 0) is 9.53 Å². The molecule has 5 aromatic carbocycles. The Morgan fingerprint density at radius 1 is 0.896 bits per heavy atom. The summed E-state index contributed by atoms with van der Waals surface area (Å²) in [5, 5.41) is 8.76. The van der Waals surface area contributed by atoms with E-state index in [0.717, 1.165) is 32.2 Å². The summed E-state index contributed by atoms with van der Waals surface area (Å²) in [5.41, 5.74) is 1.68. The van der Waals surface area contributed by atoms with Crippen molar-refractivity contribution in [2.75, 3.05) is 13.7 Å². The largest absolute Gasteiger partial charge is 0.497 e. The Morgan fingerprint density at radius 3 is 2.46 bits per heavy atom. The van der Waals surface area contributed by atoms with E-state index in [-0.39, 0.29) is 16.5 Å². The molecule has 1 unspecified atom stereocenters. The molecule has 1 N–H and O–H groups in total. The molecule has 2 heterocycles. The van der Waals surface area contributed by atoms with E-state index in [1.54, 1.807) is 25.3 Å². The highest BCUT2D eigenvalue weighted by Crippen LogP contribution is 2.34. The topological polar surface area (TPSA) is 123 Å². The third-order valence-electron chi connectivity index (χ3n) is 8.28. The van der Waals surface area contributed by atoms with E-state index in [0.29, 0.717) is 22.9 Å². The summed E-state index contributed by atoms with van der Waals surface area (Å²) in [6, 6.07) is 31.5. The minimum atomic E-state index is -0.802. The Labute approximate surface area is 278 Å². The third kappa shape index (κ3) is 5.85. The lowest BCUT2D eigenvalue weighted by atomic mass is 9.97. The molecule has 0 fully saturated rings. The Morgan fingerprint density at radius 2 is 1.69 bits per heavy atom. The first-order valence-corrected chi connectivity index (χ1v) is 15.4. The molecular weight excluding hydrogens is 632 g/mol. The van der Waals surface area contributed by atoms with Crippen molar-refractivity contribution in [3.8, 4) is 11.4 Å². The van der Waals surface area contributed by atoms with Crippen molar-refractivity contribution in [3.63, 3.8) is 0 Å². The van der Waals surface area contributed by atoms with Crippen LogP contribution in [0.15, 0.2) is 124 Å². The maximum atomic E-state index is 13.6. The van der Waals surface area contributed by atoms with Gasteiger partial charge in [0, 0.05) is 11.4 Å². The number of amides is 1. The Bertz CT molecular complexity index is 2380. The number of aromatic nitrogens is 2. The number of nitrogens with one attached hydrogen (secondary N) is 1. The number of esters is 1. The van der Waals surface area contributed by atoms with Gasteiger partial charge in [-0.15, -0.1) is 0 Å². The summed E-state index contributed by atoms with van der Waals surface area (Å²) < 4.78 is 11.7. The number of rotatable bonds is 7. The van der Waals surface area contributed by atoms with E-state index >= 15 is 0 Å². The number of aromatic amines is 1. The number of H-pyrrole nitrogens is 1. The quantitative estimate of drug-likeness (QED) is 0.209. The smallest absolute Gasteiger partial charge is 0.338 e. The SMILES string of the molecule is COc1ccc(C2CC(c3ccc4ccccc4c3)=NN2C(=O)COC(=O)c2ccc3c(=O)n(-c4cccc(Cl)c4)c(=O)[nH]c3c2)cc1. The molecule has 0 aliphatic carbocycles. The summed E-state index contributed by atoms with van der Waals surface area (Å²) in [4.78, 5) is 55.4. The van der Waals surface area contributed by atoms with Crippen molar-refractivity contribution in [3.05, 3.63) is 152 Å². The van der Waals surface area contributed by atoms with Gasteiger partial charge in [0.05, 0.1) is 41.0 Å². The van der Waals surface area contributed by atoms with Crippen LogP contribution in [0.2, 0.25) is 5.02 Å². The van der Waals surface area contributed by atoms with Crippen LogP contribution >= 0.6 is 11.6 Å². The van der Waals surface area contributed by atoms with Gasteiger partial charge >= 0.3 is 11.7 Å². The molecule has 1 aliphatic rings. The standard InChI is InChI=1S/C37H27ClN4O6/c1-47-29-14-11-23(12-15-29)33-20-31(25-10-9-22-5-2-3-6-24(22)17-25)40-42(33)34(43)21-48-36(45)26-13-16-30-32(18-26)39-37(46)41(35(30)44)28-8-4-7-27(38)19-28/h2-19,33H,20-21H2,1H3,(H,39,46). The van der Waals surface area contributed by atoms with Crippen LogP contribution in [0.1, 0.15) is 33.9 Å². The summed E-state index contributed by atoms with van der Waals surface area (Å²) in [6.07, 6.45) is 0.453. The molecule has 1 aromatic heterocycles. The molecule has 7 rings (SSSR count). The zero-order valence-corrected chi connectivity index (χ0v) is 26.3. The molecule has 238 valence electrons. The molecule has 1 atom stereocenters. The van der Waals surface area contributed by atoms with Crippen molar-refractivity contribution in [1.82, 2.24) is 14.6 Å². The Kier molecular flexibility index (Phi) is 8.08. The first kappa shape index (κ1) is 30.6. The van der Waals surface area contributed by atoms with E-state index in [4.69, 9.17) is 26.2 Å². The van der Waals surface area contributed by atoms with Gasteiger partial charge in [-0.05, 0) is 76.5 Å². The molecule has 1 amide bonds. The van der Waals surface area contributed by atoms with Gasteiger partial charge in [0.25, 0.3) is 11.5 Å². The van der Waals surface area contributed by atoms with Gasteiger partial charge in [0.1, 0.15) is 5.75 Å². The maximum Gasteiger partial charge on any atom is 0.338 e. The third-order valence-corrected chi connectivity index (χ3v) is 8.51. The van der Waals surface area contributed by atoms with Crippen LogP contribution in [-0.4, -0.2) is 45.9 Å². The average molecular weight is 659 g/mol. The second-order valence-corrected chi connectivity index (χ2v) is 11.7. The van der Waals surface area contributed by atoms with Crippen molar-refractivity contribution >= 4 is 50.9 Å². The van der Waals surface area contributed by atoms with Crippen LogP contribution < -0.4 is 16.0 Å². The predicted octanol–water partition coefficient (Wildman–Crippen LogP) is 6.03. The maximum absolute atomic E-state index is 13.6. The number of hydrogen-bond acceptors (Lipinski definition) is 7. The second kappa shape index (κ2) is 12.7. The average Bonchev–Trinajstić information content (AvgIpc) is 3.56. The minimum absolute atomic E-state index is 0.0549. The fourth-order valence-corrected chi connectivity index (χ4v) is 6.03. The number of nitrogens with zero attached hydrogens (tertiary/aromatic N) is 3. The van der Waals surface area contributed by atoms with Crippen molar-refractivity contribution in [1.29, 1.82) is 0 Å². The number of hydrazone groups is 1. The predicted molar refractivity (Wildman–Crippen MR) is 183 cm³/mol. The lowest BCUT2D eigenvalue weighted by Crippen LogP contribution is -2.33. The van der Waals surface area contributed by atoms with Gasteiger partial charge < -0.3 is 14.5 Å². The number of halogens is 1. The lowest BCUT2D eigenvalue weighted by Gasteiger charge is -2.22. The zero-order chi connectivity index (χ0) is 33.4. The summed E-state index contributed by atoms with van der Waals surface area (Å²) in [7, 11) is 1.58. The van der Waals surface area contributed by atoms with Crippen LogP contribution in [0.3, 0.4) is 0 Å². The molecule has 1 aliphatic heterocycles. The fourth-order valence-electron chi connectivity index (χ4n) is 5.84. The van der Waals surface area contributed by atoms with Gasteiger partial charge in [-0.3, -0.25) is 9.59 Å². The molecule has 6 aromatic rings. The van der Waals surface area contributed by atoms with Gasteiger partial charge in [-0.25, -0.2) is 19.2 Å². The lowest BCUT2D eigenvalue weighted by molar-refractivity contribution is -0.136. The van der Waals surface area contributed by atoms with Crippen LogP contribution in [0.4, 0.5) is 0 Å². The zero-order valence-electron chi connectivity index (χ0n) is 25.6. The number of hydrogen-bond donors (Lipinski definition) is 1. The highest BCUT2D eigenvalue weighted by atomic mass is 35.5. The van der Waals surface area contributed by atoms with Gasteiger partial charge in [0.2, 0.25) is 0 Å². The van der Waals surface area contributed by atoms with Crippen molar-refractivity contribution in [2.24, 2.45) is 5.10 Å². The highest BCUT2D eigenvalue weighted by molar-refractivity contribution is 6.30.